The van der Waals surface area contributed by atoms with Crippen molar-refractivity contribution in [3.8, 4) is 0 Å². The third kappa shape index (κ3) is 5.65. The maximum Gasteiger partial charge on any atom is 0.253 e. The highest BCUT2D eigenvalue weighted by Gasteiger charge is 2.43. The Morgan fingerprint density at radius 2 is 1.81 bits per heavy atom. The van der Waals surface area contributed by atoms with E-state index in [1.54, 1.807) is 4.90 Å². The number of carbonyl (C=O) groups excluding carboxylic acids is 2. The molecule has 1 aliphatic carbocycles. The number of ether oxygens (including phenoxy) is 1. The van der Waals surface area contributed by atoms with Gasteiger partial charge < -0.3 is 20.3 Å². The number of benzene rings is 2. The highest BCUT2D eigenvalue weighted by atomic mass is 19.1. The van der Waals surface area contributed by atoms with Crippen LogP contribution in [0, 0.1) is 17.6 Å². The summed E-state index contributed by atoms with van der Waals surface area (Å²) in [7, 11) is 0. The van der Waals surface area contributed by atoms with Crippen LogP contribution in [-0.2, 0) is 14.3 Å². The molecule has 36 heavy (non-hydrogen) atoms. The van der Waals surface area contributed by atoms with E-state index >= 15 is 0 Å². The molecule has 8 heteroatoms. The van der Waals surface area contributed by atoms with Crippen molar-refractivity contribution in [1.29, 1.82) is 0 Å². The molecule has 5 rings (SSSR count). The van der Waals surface area contributed by atoms with Gasteiger partial charge >= 0.3 is 0 Å². The molecule has 1 saturated heterocycles. The van der Waals surface area contributed by atoms with Gasteiger partial charge in [-0.1, -0.05) is 36.4 Å². The molecular weight excluding hydrogens is 464 g/mol. The van der Waals surface area contributed by atoms with Gasteiger partial charge in [-0.3, -0.25) is 9.59 Å². The Morgan fingerprint density at radius 1 is 1.06 bits per heavy atom. The highest BCUT2D eigenvalue weighted by Crippen LogP contribution is 2.40. The van der Waals surface area contributed by atoms with Crippen LogP contribution in [0.2, 0.25) is 0 Å². The molecule has 2 heterocycles. The SMILES string of the molecule is O=C(CO[C@H](C(=O)N1CC(c2cc(F)ccc2F)=C[C@H]1c1ccccc1)C1CC1)NC1CCNCC1. The Bertz CT molecular complexity index is 1130. The van der Waals surface area contributed by atoms with Crippen LogP contribution < -0.4 is 10.6 Å². The van der Waals surface area contributed by atoms with E-state index in [9.17, 15) is 18.4 Å². The lowest BCUT2D eigenvalue weighted by Crippen LogP contribution is -2.46. The van der Waals surface area contributed by atoms with Gasteiger partial charge in [-0.2, -0.15) is 0 Å². The summed E-state index contributed by atoms with van der Waals surface area (Å²) >= 11 is 0. The zero-order valence-electron chi connectivity index (χ0n) is 20.1. The summed E-state index contributed by atoms with van der Waals surface area (Å²) in [6, 6.07) is 12.5. The number of rotatable bonds is 8. The molecule has 3 aliphatic rings. The van der Waals surface area contributed by atoms with Crippen LogP contribution in [0.4, 0.5) is 8.78 Å². The number of hydrogen-bond donors (Lipinski definition) is 2. The molecule has 2 aliphatic heterocycles. The van der Waals surface area contributed by atoms with E-state index in [-0.39, 0.29) is 42.5 Å². The summed E-state index contributed by atoms with van der Waals surface area (Å²) in [5, 5.41) is 6.27. The van der Waals surface area contributed by atoms with Crippen LogP contribution >= 0.6 is 0 Å². The lowest BCUT2D eigenvalue weighted by molar-refractivity contribution is -0.148. The van der Waals surface area contributed by atoms with Crippen LogP contribution in [0.5, 0.6) is 0 Å². The summed E-state index contributed by atoms with van der Waals surface area (Å²) in [6.45, 7) is 1.68. The quantitative estimate of drug-likeness (QED) is 0.587. The normalized spacial score (nSPS) is 21.2. The maximum absolute atomic E-state index is 14.6. The van der Waals surface area contributed by atoms with E-state index in [0.717, 1.165) is 62.5 Å². The summed E-state index contributed by atoms with van der Waals surface area (Å²) in [6.07, 6.45) is 4.52. The fraction of sp³-hybridized carbons (Fsp3) is 0.429. The molecule has 2 aromatic carbocycles. The second-order valence-corrected chi connectivity index (χ2v) is 9.80. The molecule has 1 saturated carbocycles. The van der Waals surface area contributed by atoms with Crippen molar-refractivity contribution in [3.63, 3.8) is 0 Å². The third-order valence-electron chi connectivity index (χ3n) is 7.13. The highest BCUT2D eigenvalue weighted by molar-refractivity contribution is 5.87. The van der Waals surface area contributed by atoms with Crippen molar-refractivity contribution in [2.24, 2.45) is 5.92 Å². The van der Waals surface area contributed by atoms with Gasteiger partial charge in [-0.25, -0.2) is 8.78 Å². The Morgan fingerprint density at radius 3 is 2.53 bits per heavy atom. The van der Waals surface area contributed by atoms with Gasteiger partial charge in [-0.05, 0) is 74.0 Å². The van der Waals surface area contributed by atoms with Gasteiger partial charge in [0.1, 0.15) is 24.3 Å². The summed E-state index contributed by atoms with van der Waals surface area (Å²) in [4.78, 5) is 28.0. The average Bonchev–Trinajstić information content (AvgIpc) is 3.63. The number of piperidine rings is 1. The number of hydrogen-bond acceptors (Lipinski definition) is 4. The largest absolute Gasteiger partial charge is 0.358 e. The predicted octanol–water partition coefficient (Wildman–Crippen LogP) is 3.60. The second kappa shape index (κ2) is 10.9. The van der Waals surface area contributed by atoms with Crippen LogP contribution in [-0.4, -0.2) is 55.1 Å². The molecule has 2 N–H and O–H groups in total. The molecule has 0 unspecified atom stereocenters. The summed E-state index contributed by atoms with van der Waals surface area (Å²) in [5.41, 5.74) is 1.57. The van der Waals surface area contributed by atoms with Crippen molar-refractivity contribution in [2.45, 2.75) is 43.9 Å². The van der Waals surface area contributed by atoms with Crippen LogP contribution in [0.1, 0.15) is 42.9 Å². The fourth-order valence-corrected chi connectivity index (χ4v) is 5.05. The lowest BCUT2D eigenvalue weighted by Gasteiger charge is -2.30. The monoisotopic (exact) mass is 495 g/mol. The third-order valence-corrected chi connectivity index (χ3v) is 7.13. The van der Waals surface area contributed by atoms with Gasteiger partial charge in [0.15, 0.2) is 0 Å². The lowest BCUT2D eigenvalue weighted by atomic mass is 10.0. The Balaban J connectivity index is 1.33. The Hall–Kier alpha value is -3.10. The molecule has 2 aromatic rings. The van der Waals surface area contributed by atoms with Crippen LogP contribution in [0.3, 0.4) is 0 Å². The molecule has 190 valence electrons. The van der Waals surface area contributed by atoms with E-state index < -0.39 is 23.8 Å². The van der Waals surface area contributed by atoms with Crippen LogP contribution in [0.25, 0.3) is 5.57 Å². The Labute approximate surface area is 209 Å². The van der Waals surface area contributed by atoms with Crippen molar-refractivity contribution in [1.82, 2.24) is 15.5 Å². The first-order valence-corrected chi connectivity index (χ1v) is 12.6. The van der Waals surface area contributed by atoms with Gasteiger partial charge in [0.25, 0.3) is 5.91 Å². The van der Waals surface area contributed by atoms with Crippen molar-refractivity contribution in [3.05, 3.63) is 77.4 Å². The molecule has 6 nitrogen and oxygen atoms in total. The van der Waals surface area contributed by atoms with E-state index in [0.29, 0.717) is 5.57 Å². The van der Waals surface area contributed by atoms with Gasteiger partial charge in [0, 0.05) is 18.2 Å². The molecule has 0 spiro atoms. The minimum Gasteiger partial charge on any atom is -0.358 e. The van der Waals surface area contributed by atoms with E-state index in [2.05, 4.69) is 10.6 Å². The maximum atomic E-state index is 14.6. The number of halogens is 2. The van der Waals surface area contributed by atoms with Gasteiger partial charge in [0.05, 0.1) is 6.04 Å². The molecule has 2 amide bonds. The summed E-state index contributed by atoms with van der Waals surface area (Å²) < 4.78 is 34.5. The van der Waals surface area contributed by atoms with Crippen molar-refractivity contribution < 1.29 is 23.1 Å². The smallest absolute Gasteiger partial charge is 0.253 e. The molecule has 2 fully saturated rings. The number of nitrogens with zero attached hydrogens (tertiary/aromatic N) is 1. The number of nitrogens with one attached hydrogen (secondary N) is 2. The molecule has 0 bridgehead atoms. The zero-order valence-corrected chi connectivity index (χ0v) is 20.1. The minimum absolute atomic E-state index is 0.0514. The van der Waals surface area contributed by atoms with E-state index in [1.165, 1.54) is 0 Å². The van der Waals surface area contributed by atoms with E-state index in [1.807, 2.05) is 36.4 Å². The van der Waals surface area contributed by atoms with Crippen molar-refractivity contribution in [2.75, 3.05) is 26.2 Å². The molecule has 0 aromatic heterocycles. The zero-order chi connectivity index (χ0) is 25.1. The fourth-order valence-electron chi connectivity index (χ4n) is 5.05. The Kier molecular flexibility index (Phi) is 7.43. The standard InChI is InChI=1S/C28H31F2N3O3/c29-21-8-9-24(30)23(15-21)20-14-25(18-4-2-1-3-5-18)33(16-20)28(35)27(19-6-7-19)36-17-26(34)32-22-10-12-31-13-11-22/h1-5,8-9,14-15,19,22,25,27,31H,6-7,10-13,16-17H2,(H,32,34)/t25-,27-/m0/s1. The molecular formula is C28H31F2N3O3. The molecule has 2 atom stereocenters. The first-order chi connectivity index (χ1) is 17.5. The van der Waals surface area contributed by atoms with Crippen molar-refractivity contribution >= 4 is 17.4 Å². The van der Waals surface area contributed by atoms with Crippen LogP contribution in [0.15, 0.2) is 54.6 Å². The van der Waals surface area contributed by atoms with Gasteiger partial charge in [0.2, 0.25) is 5.91 Å². The molecule has 0 radical (unpaired) electrons. The first-order valence-electron chi connectivity index (χ1n) is 12.6. The second-order valence-electron chi connectivity index (χ2n) is 9.80. The van der Waals surface area contributed by atoms with Gasteiger partial charge in [-0.15, -0.1) is 0 Å². The topological polar surface area (TPSA) is 70.7 Å². The van der Waals surface area contributed by atoms with E-state index in [4.69, 9.17) is 4.74 Å². The predicted molar refractivity (Wildman–Crippen MR) is 132 cm³/mol. The minimum atomic E-state index is -0.750. The number of amides is 2. The summed E-state index contributed by atoms with van der Waals surface area (Å²) in [5.74, 6) is -1.47. The average molecular weight is 496 g/mol. The first kappa shape index (κ1) is 24.6. The number of carbonyl (C=O) groups is 2.